The third-order valence-electron chi connectivity index (χ3n) is 6.33. The topological polar surface area (TPSA) is 70.0 Å². The zero-order valence-electron chi connectivity index (χ0n) is 20.3. The van der Waals surface area contributed by atoms with Crippen molar-refractivity contribution >= 4 is 12.0 Å². The molecular formula is C28H37NO4. The van der Waals surface area contributed by atoms with Crippen LogP contribution in [0, 0.1) is 5.92 Å². The third-order valence-corrected chi connectivity index (χ3v) is 6.33. The summed E-state index contributed by atoms with van der Waals surface area (Å²) in [7, 11) is 0. The van der Waals surface area contributed by atoms with Crippen molar-refractivity contribution in [3.8, 4) is 5.75 Å². The van der Waals surface area contributed by atoms with Gasteiger partial charge >= 0.3 is 0 Å². The minimum Gasteiger partial charge on any atom is -0.461 e. The van der Waals surface area contributed by atoms with E-state index in [9.17, 15) is 15.0 Å². The van der Waals surface area contributed by atoms with E-state index < -0.39 is 6.10 Å². The monoisotopic (exact) mass is 451 g/mol. The molecule has 0 saturated carbocycles. The predicted molar refractivity (Wildman–Crippen MR) is 135 cm³/mol. The van der Waals surface area contributed by atoms with Crippen LogP contribution in [0.3, 0.4) is 0 Å². The van der Waals surface area contributed by atoms with Gasteiger partial charge in [0.25, 0.3) is 0 Å². The average Bonchev–Trinajstić information content (AvgIpc) is 2.81. The van der Waals surface area contributed by atoms with Gasteiger partial charge in [0.15, 0.2) is 0 Å². The van der Waals surface area contributed by atoms with Crippen LogP contribution in [0.5, 0.6) is 5.75 Å². The van der Waals surface area contributed by atoms with E-state index in [-0.39, 0.29) is 31.3 Å². The Labute approximate surface area is 198 Å². The molecule has 0 fully saturated rings. The summed E-state index contributed by atoms with van der Waals surface area (Å²) in [6.45, 7) is 16.6. The SMILES string of the molecule is C=CN(CC)c1ccc2c(c1)OC(CC(O)C(=C)CC=O)=C(C)C2C(C)/C(=C\C=C/C)CO. The molecule has 0 saturated heterocycles. The first-order valence-electron chi connectivity index (χ1n) is 11.4. The number of aliphatic hydroxyl groups excluding tert-OH is 2. The molecule has 2 rings (SSSR count). The Balaban J connectivity index is 2.58. The van der Waals surface area contributed by atoms with Crippen molar-refractivity contribution in [2.75, 3.05) is 18.1 Å². The molecule has 1 aliphatic rings. The Morgan fingerprint density at radius 3 is 2.67 bits per heavy atom. The van der Waals surface area contributed by atoms with Crippen LogP contribution in [-0.2, 0) is 4.79 Å². The summed E-state index contributed by atoms with van der Waals surface area (Å²) in [5.41, 5.74) is 4.38. The van der Waals surface area contributed by atoms with Gasteiger partial charge in [0.1, 0.15) is 17.8 Å². The summed E-state index contributed by atoms with van der Waals surface area (Å²) >= 11 is 0. The molecule has 178 valence electrons. The summed E-state index contributed by atoms with van der Waals surface area (Å²) < 4.78 is 6.33. The van der Waals surface area contributed by atoms with Gasteiger partial charge in [0.05, 0.1) is 12.7 Å². The summed E-state index contributed by atoms with van der Waals surface area (Å²) in [5.74, 6) is 1.36. The fraction of sp³-hybridized carbons (Fsp3) is 0.393. The van der Waals surface area contributed by atoms with Crippen LogP contribution in [0.25, 0.3) is 0 Å². The standard InChI is InChI=1S/C28H37NO4/c1-7-10-11-22(18-31)20(5)28-21(6)26(17-25(32)19(4)14-15-30)33-27-16-23(12-13-24(27)28)29(8-2)9-3/h7-8,10-13,15-16,20,25,28,31-32H,2,4,9,14,17-18H2,1,3,5-6H3/b10-7-,22-11-. The molecule has 2 N–H and O–H groups in total. The normalized spacial score (nSPS) is 17.9. The van der Waals surface area contributed by atoms with Crippen molar-refractivity contribution in [2.24, 2.45) is 5.92 Å². The molecule has 0 aliphatic carbocycles. The molecule has 0 radical (unpaired) electrons. The van der Waals surface area contributed by atoms with E-state index in [1.54, 1.807) is 6.20 Å². The second-order valence-electron chi connectivity index (χ2n) is 8.34. The maximum absolute atomic E-state index is 10.9. The van der Waals surface area contributed by atoms with E-state index in [4.69, 9.17) is 4.74 Å². The van der Waals surface area contributed by atoms with Crippen molar-refractivity contribution in [2.45, 2.75) is 52.6 Å². The molecule has 0 amide bonds. The first-order chi connectivity index (χ1) is 15.8. The van der Waals surface area contributed by atoms with Crippen LogP contribution in [-0.4, -0.2) is 35.8 Å². The largest absolute Gasteiger partial charge is 0.461 e. The molecule has 1 heterocycles. The Kier molecular flexibility index (Phi) is 9.89. The number of carbonyl (C=O) groups is 1. The van der Waals surface area contributed by atoms with E-state index >= 15 is 0 Å². The van der Waals surface area contributed by atoms with E-state index in [2.05, 4.69) is 39.1 Å². The third kappa shape index (κ3) is 6.12. The highest BCUT2D eigenvalue weighted by Gasteiger charge is 2.33. The molecule has 5 heteroatoms. The number of hydrogen-bond donors (Lipinski definition) is 2. The van der Waals surface area contributed by atoms with Crippen molar-refractivity contribution in [3.63, 3.8) is 0 Å². The summed E-state index contributed by atoms with van der Waals surface area (Å²) in [6.07, 6.45) is 7.82. The van der Waals surface area contributed by atoms with Crippen molar-refractivity contribution < 1.29 is 19.7 Å². The highest BCUT2D eigenvalue weighted by atomic mass is 16.5. The van der Waals surface area contributed by atoms with E-state index in [1.165, 1.54) is 0 Å². The molecule has 1 aliphatic heterocycles. The second-order valence-corrected chi connectivity index (χ2v) is 8.34. The van der Waals surface area contributed by atoms with E-state index in [1.807, 2.05) is 43.0 Å². The lowest BCUT2D eigenvalue weighted by Crippen LogP contribution is -2.25. The second kappa shape index (κ2) is 12.4. The number of aliphatic hydroxyl groups is 2. The van der Waals surface area contributed by atoms with Crippen molar-refractivity contribution in [1.82, 2.24) is 0 Å². The maximum atomic E-state index is 10.9. The van der Waals surface area contributed by atoms with Crippen LogP contribution in [0.4, 0.5) is 5.69 Å². The molecule has 0 aromatic heterocycles. The lowest BCUT2D eigenvalue weighted by atomic mass is 9.75. The van der Waals surface area contributed by atoms with Crippen molar-refractivity contribution in [1.29, 1.82) is 0 Å². The minimum absolute atomic E-state index is 0.00621. The molecule has 1 aromatic carbocycles. The number of aldehydes is 1. The number of carbonyl (C=O) groups excluding carboxylic acids is 1. The van der Waals surface area contributed by atoms with Crippen LogP contribution in [0.1, 0.15) is 52.0 Å². The highest BCUT2D eigenvalue weighted by Crippen LogP contribution is 2.47. The molecule has 3 atom stereocenters. The zero-order chi connectivity index (χ0) is 24.5. The highest BCUT2D eigenvalue weighted by molar-refractivity contribution is 5.59. The fourth-order valence-corrected chi connectivity index (χ4v) is 4.28. The smallest absolute Gasteiger partial charge is 0.132 e. The molecule has 5 nitrogen and oxygen atoms in total. The van der Waals surface area contributed by atoms with Crippen LogP contribution >= 0.6 is 0 Å². The van der Waals surface area contributed by atoms with Crippen LogP contribution in [0.2, 0.25) is 0 Å². The quantitative estimate of drug-likeness (QED) is 0.252. The number of rotatable bonds is 12. The summed E-state index contributed by atoms with van der Waals surface area (Å²) in [6, 6.07) is 6.12. The lowest BCUT2D eigenvalue weighted by Gasteiger charge is -2.35. The van der Waals surface area contributed by atoms with Gasteiger partial charge in [-0.05, 0) is 55.7 Å². The first-order valence-corrected chi connectivity index (χ1v) is 11.4. The summed E-state index contributed by atoms with van der Waals surface area (Å²) in [4.78, 5) is 12.9. The van der Waals surface area contributed by atoms with Gasteiger partial charge in [-0.25, -0.2) is 0 Å². The van der Waals surface area contributed by atoms with Gasteiger partial charge in [-0.2, -0.15) is 0 Å². The average molecular weight is 452 g/mol. The van der Waals surface area contributed by atoms with Gasteiger partial charge < -0.3 is 24.6 Å². The van der Waals surface area contributed by atoms with E-state index in [0.29, 0.717) is 11.3 Å². The van der Waals surface area contributed by atoms with Crippen molar-refractivity contribution in [3.05, 3.63) is 83.8 Å². The summed E-state index contributed by atoms with van der Waals surface area (Å²) in [5, 5.41) is 20.7. The van der Waals surface area contributed by atoms with E-state index in [0.717, 1.165) is 41.0 Å². The number of benzene rings is 1. The Morgan fingerprint density at radius 2 is 2.09 bits per heavy atom. The number of ether oxygens (including phenoxy) is 1. The van der Waals surface area contributed by atoms with Gasteiger partial charge in [-0.3, -0.25) is 0 Å². The Hall–Kier alpha value is -2.89. The molecular weight excluding hydrogens is 414 g/mol. The van der Waals surface area contributed by atoms with Crippen LogP contribution in [0.15, 0.2) is 78.3 Å². The number of anilines is 1. The number of fused-ring (bicyclic) bond motifs is 1. The Bertz CT molecular complexity index is 957. The van der Waals surface area contributed by atoms with Crippen LogP contribution < -0.4 is 9.64 Å². The Morgan fingerprint density at radius 1 is 1.36 bits per heavy atom. The van der Waals surface area contributed by atoms with Gasteiger partial charge in [-0.15, -0.1) is 0 Å². The maximum Gasteiger partial charge on any atom is 0.132 e. The number of allylic oxidation sites excluding steroid dienone is 4. The number of hydrogen-bond acceptors (Lipinski definition) is 5. The molecule has 3 unspecified atom stereocenters. The lowest BCUT2D eigenvalue weighted by molar-refractivity contribution is -0.107. The van der Waals surface area contributed by atoms with Gasteiger partial charge in [0, 0.05) is 42.6 Å². The first kappa shape index (κ1) is 26.4. The molecule has 0 bridgehead atoms. The molecule has 1 aromatic rings. The van der Waals surface area contributed by atoms with Gasteiger partial charge in [0.2, 0.25) is 0 Å². The fourth-order valence-electron chi connectivity index (χ4n) is 4.28. The zero-order valence-corrected chi connectivity index (χ0v) is 20.3. The molecule has 0 spiro atoms. The minimum atomic E-state index is -0.878. The van der Waals surface area contributed by atoms with Gasteiger partial charge in [-0.1, -0.05) is 44.4 Å². The number of nitrogens with zero attached hydrogens (tertiary/aromatic N) is 1. The predicted octanol–water partition coefficient (Wildman–Crippen LogP) is 5.43. The molecule has 33 heavy (non-hydrogen) atoms.